The summed E-state index contributed by atoms with van der Waals surface area (Å²) in [4.78, 5) is 4.52. The molecule has 0 aromatic heterocycles. The summed E-state index contributed by atoms with van der Waals surface area (Å²) >= 11 is 0. The van der Waals surface area contributed by atoms with E-state index in [4.69, 9.17) is 0 Å². The molecule has 98 valence electrons. The van der Waals surface area contributed by atoms with Crippen LogP contribution in [0.25, 0.3) is 0 Å². The van der Waals surface area contributed by atoms with E-state index >= 15 is 0 Å². The van der Waals surface area contributed by atoms with Crippen molar-refractivity contribution in [2.45, 2.75) is 26.8 Å². The van der Waals surface area contributed by atoms with Gasteiger partial charge in [-0.15, -0.1) is 0 Å². The van der Waals surface area contributed by atoms with Gasteiger partial charge in [0.15, 0.2) is 5.96 Å². The summed E-state index contributed by atoms with van der Waals surface area (Å²) in [5.41, 5.74) is 1.30. The third-order valence-corrected chi connectivity index (χ3v) is 3.67. The van der Waals surface area contributed by atoms with E-state index in [2.05, 4.69) is 60.7 Å². The lowest BCUT2D eigenvalue weighted by atomic mass is 9.98. The van der Waals surface area contributed by atoms with Crippen LogP contribution < -0.4 is 10.6 Å². The van der Waals surface area contributed by atoms with Gasteiger partial charge in [0.05, 0.1) is 12.6 Å². The predicted molar refractivity (Wildman–Crippen MR) is 76.6 cm³/mol. The predicted octanol–water partition coefficient (Wildman–Crippen LogP) is 2.57. The minimum absolute atomic E-state index is 0.322. The standard InChI is InChI=1S/C15H23N3/c1-11(2)12(3)9-16-15-17-10-14(18-15)13-7-5-4-6-8-13/h4-8,11-12,14H,9-10H2,1-3H3,(H2,16,17,18). The third kappa shape index (κ3) is 3.25. The molecule has 1 heterocycles. The van der Waals surface area contributed by atoms with Gasteiger partial charge in [0, 0.05) is 6.54 Å². The van der Waals surface area contributed by atoms with Crippen molar-refractivity contribution in [3.8, 4) is 0 Å². The molecule has 0 aliphatic carbocycles. The van der Waals surface area contributed by atoms with Gasteiger partial charge in [-0.25, -0.2) is 0 Å². The maximum Gasteiger partial charge on any atom is 0.191 e. The Hall–Kier alpha value is -1.51. The summed E-state index contributed by atoms with van der Waals surface area (Å²) in [7, 11) is 0. The molecule has 2 unspecified atom stereocenters. The second-order valence-electron chi connectivity index (χ2n) is 5.40. The molecule has 0 bridgehead atoms. The van der Waals surface area contributed by atoms with Crippen LogP contribution in [0.1, 0.15) is 32.4 Å². The molecule has 2 rings (SSSR count). The number of nitrogens with one attached hydrogen (secondary N) is 2. The van der Waals surface area contributed by atoms with E-state index in [0.29, 0.717) is 17.9 Å². The van der Waals surface area contributed by atoms with Crippen molar-refractivity contribution in [1.29, 1.82) is 0 Å². The van der Waals surface area contributed by atoms with Crippen molar-refractivity contribution in [3.05, 3.63) is 35.9 Å². The molecule has 0 saturated carbocycles. The molecule has 2 N–H and O–H groups in total. The molecule has 3 nitrogen and oxygen atoms in total. The summed E-state index contributed by atoms with van der Waals surface area (Å²) in [6, 6.07) is 10.8. The monoisotopic (exact) mass is 245 g/mol. The number of nitrogens with zero attached hydrogens (tertiary/aromatic N) is 1. The van der Waals surface area contributed by atoms with Crippen LogP contribution >= 0.6 is 0 Å². The van der Waals surface area contributed by atoms with Crippen LogP contribution in [0.3, 0.4) is 0 Å². The van der Waals surface area contributed by atoms with Crippen molar-refractivity contribution in [2.75, 3.05) is 13.1 Å². The second-order valence-corrected chi connectivity index (χ2v) is 5.40. The molecule has 2 atom stereocenters. The Labute approximate surface area is 110 Å². The average Bonchev–Trinajstić information content (AvgIpc) is 2.85. The molecule has 1 aliphatic heterocycles. The first-order chi connectivity index (χ1) is 8.66. The number of guanidine groups is 1. The maximum absolute atomic E-state index is 4.52. The Kier molecular flexibility index (Phi) is 4.24. The Balaban J connectivity index is 1.81. The number of hydrogen-bond donors (Lipinski definition) is 2. The number of benzene rings is 1. The molecule has 3 heteroatoms. The zero-order valence-electron chi connectivity index (χ0n) is 11.5. The Bertz CT molecular complexity index is 397. The highest BCUT2D eigenvalue weighted by molar-refractivity contribution is 5.82. The van der Waals surface area contributed by atoms with Gasteiger partial charge >= 0.3 is 0 Å². The summed E-state index contributed by atoms with van der Waals surface area (Å²) in [6.07, 6.45) is 0. The van der Waals surface area contributed by atoms with Crippen molar-refractivity contribution in [1.82, 2.24) is 10.6 Å². The topological polar surface area (TPSA) is 36.4 Å². The van der Waals surface area contributed by atoms with Gasteiger partial charge in [0.25, 0.3) is 0 Å². The fourth-order valence-corrected chi connectivity index (χ4v) is 1.91. The third-order valence-electron chi connectivity index (χ3n) is 3.67. The molecule has 1 aromatic rings. The quantitative estimate of drug-likeness (QED) is 0.855. The lowest BCUT2D eigenvalue weighted by Gasteiger charge is -2.18. The lowest BCUT2D eigenvalue weighted by molar-refractivity contribution is 0.414. The molecular formula is C15H23N3. The Morgan fingerprint density at radius 1 is 1.28 bits per heavy atom. The molecule has 0 spiro atoms. The fraction of sp³-hybridized carbons (Fsp3) is 0.533. The van der Waals surface area contributed by atoms with E-state index in [0.717, 1.165) is 19.0 Å². The van der Waals surface area contributed by atoms with Crippen molar-refractivity contribution in [3.63, 3.8) is 0 Å². The molecule has 0 saturated heterocycles. The highest BCUT2D eigenvalue weighted by Crippen LogP contribution is 2.16. The van der Waals surface area contributed by atoms with E-state index in [1.807, 2.05) is 6.07 Å². The van der Waals surface area contributed by atoms with E-state index < -0.39 is 0 Å². The van der Waals surface area contributed by atoms with Gasteiger partial charge in [-0.05, 0) is 17.4 Å². The molecule has 0 amide bonds. The van der Waals surface area contributed by atoms with E-state index in [1.165, 1.54) is 5.56 Å². The minimum atomic E-state index is 0.322. The molecule has 1 aliphatic rings. The fourth-order valence-electron chi connectivity index (χ4n) is 1.91. The van der Waals surface area contributed by atoms with E-state index in [1.54, 1.807) is 0 Å². The molecule has 0 fully saturated rings. The van der Waals surface area contributed by atoms with Crippen LogP contribution in [-0.2, 0) is 0 Å². The van der Waals surface area contributed by atoms with Gasteiger partial charge in [0.1, 0.15) is 0 Å². The van der Waals surface area contributed by atoms with Gasteiger partial charge < -0.3 is 10.6 Å². The SMILES string of the molecule is CC(C)C(C)CNC1=NCC(c2ccccc2)N1. The van der Waals surface area contributed by atoms with E-state index in [9.17, 15) is 0 Å². The molecule has 1 aromatic carbocycles. The van der Waals surface area contributed by atoms with E-state index in [-0.39, 0.29) is 0 Å². The first-order valence-corrected chi connectivity index (χ1v) is 6.76. The van der Waals surface area contributed by atoms with Crippen LogP contribution in [0, 0.1) is 11.8 Å². The maximum atomic E-state index is 4.52. The molecular weight excluding hydrogens is 222 g/mol. The minimum Gasteiger partial charge on any atom is -0.356 e. The lowest BCUT2D eigenvalue weighted by Crippen LogP contribution is -2.38. The first-order valence-electron chi connectivity index (χ1n) is 6.76. The smallest absolute Gasteiger partial charge is 0.191 e. The molecule has 0 radical (unpaired) electrons. The van der Waals surface area contributed by atoms with Gasteiger partial charge in [-0.2, -0.15) is 0 Å². The van der Waals surface area contributed by atoms with Crippen LogP contribution in [0.2, 0.25) is 0 Å². The number of rotatable bonds is 4. The Morgan fingerprint density at radius 2 is 2.00 bits per heavy atom. The summed E-state index contributed by atoms with van der Waals surface area (Å²) < 4.78 is 0. The van der Waals surface area contributed by atoms with Crippen LogP contribution in [0.4, 0.5) is 0 Å². The van der Waals surface area contributed by atoms with Crippen LogP contribution in [0.15, 0.2) is 35.3 Å². The zero-order valence-corrected chi connectivity index (χ0v) is 11.5. The first kappa shape index (κ1) is 12.9. The normalized spacial score (nSPS) is 20.4. The number of aliphatic imine (C=N–C) groups is 1. The van der Waals surface area contributed by atoms with Crippen LogP contribution in [-0.4, -0.2) is 19.0 Å². The average molecular weight is 245 g/mol. The van der Waals surface area contributed by atoms with Gasteiger partial charge in [-0.1, -0.05) is 51.1 Å². The van der Waals surface area contributed by atoms with Crippen LogP contribution in [0.5, 0.6) is 0 Å². The second kappa shape index (κ2) is 5.89. The highest BCUT2D eigenvalue weighted by atomic mass is 15.2. The summed E-state index contributed by atoms with van der Waals surface area (Å²) in [5, 5.41) is 6.84. The highest BCUT2D eigenvalue weighted by Gasteiger charge is 2.19. The van der Waals surface area contributed by atoms with Crippen molar-refractivity contribution in [2.24, 2.45) is 16.8 Å². The van der Waals surface area contributed by atoms with Crippen molar-refractivity contribution < 1.29 is 0 Å². The van der Waals surface area contributed by atoms with Gasteiger partial charge in [0.2, 0.25) is 0 Å². The van der Waals surface area contributed by atoms with Gasteiger partial charge in [-0.3, -0.25) is 4.99 Å². The zero-order chi connectivity index (χ0) is 13.0. The summed E-state index contributed by atoms with van der Waals surface area (Å²) in [6.45, 7) is 8.57. The summed E-state index contributed by atoms with van der Waals surface area (Å²) in [5.74, 6) is 2.30. The molecule has 18 heavy (non-hydrogen) atoms. The number of hydrogen-bond acceptors (Lipinski definition) is 3. The Morgan fingerprint density at radius 3 is 2.67 bits per heavy atom. The largest absolute Gasteiger partial charge is 0.356 e. The van der Waals surface area contributed by atoms with Crippen molar-refractivity contribution >= 4 is 5.96 Å².